The molecule has 2 aromatic carbocycles. The molecular formula is C34H38ClNO6. The number of carboxylic acid groups (broad SMARTS) is 2. The van der Waals surface area contributed by atoms with E-state index < -0.39 is 16.8 Å². The van der Waals surface area contributed by atoms with Crippen LogP contribution in [0.2, 0.25) is 0 Å². The summed E-state index contributed by atoms with van der Waals surface area (Å²) in [4.78, 5) is 22.0. The van der Waals surface area contributed by atoms with Crippen molar-refractivity contribution in [3.8, 4) is 5.75 Å². The Labute approximate surface area is 251 Å². The summed E-state index contributed by atoms with van der Waals surface area (Å²) in [5.41, 5.74) is 4.63. The number of aliphatic carboxylic acids is 2. The van der Waals surface area contributed by atoms with Gasteiger partial charge in [0.05, 0.1) is 17.9 Å². The van der Waals surface area contributed by atoms with Gasteiger partial charge in [0, 0.05) is 36.7 Å². The number of aryl methyl sites for hydroxylation is 1. The smallest absolute Gasteiger partial charge is 0.307 e. The third-order valence-electron chi connectivity index (χ3n) is 7.28. The first-order chi connectivity index (χ1) is 20.1. The number of halogens is 1. The second-order valence-corrected chi connectivity index (χ2v) is 11.6. The van der Waals surface area contributed by atoms with Crippen molar-refractivity contribution in [3.05, 3.63) is 89.2 Å². The van der Waals surface area contributed by atoms with E-state index in [9.17, 15) is 14.7 Å². The number of rotatable bonds is 15. The number of carboxylic acids is 2. The van der Waals surface area contributed by atoms with Crippen LogP contribution >= 0.6 is 11.6 Å². The lowest BCUT2D eigenvalue weighted by Crippen LogP contribution is -2.37. The molecular weight excluding hydrogens is 554 g/mol. The van der Waals surface area contributed by atoms with E-state index in [1.165, 1.54) is 0 Å². The molecule has 8 heteroatoms. The third kappa shape index (κ3) is 8.37. The average Bonchev–Trinajstić information content (AvgIpc) is 3.28. The van der Waals surface area contributed by atoms with Gasteiger partial charge in [0.1, 0.15) is 11.9 Å². The summed E-state index contributed by atoms with van der Waals surface area (Å²) in [5.74, 6) is -0.960. The van der Waals surface area contributed by atoms with Crippen molar-refractivity contribution in [1.29, 1.82) is 0 Å². The largest absolute Gasteiger partial charge is 0.494 e. The molecule has 4 rings (SSSR count). The third-order valence-corrected chi connectivity index (χ3v) is 7.61. The zero-order valence-electron chi connectivity index (χ0n) is 24.1. The molecule has 0 aliphatic heterocycles. The van der Waals surface area contributed by atoms with Gasteiger partial charge in [-0.15, -0.1) is 11.6 Å². The summed E-state index contributed by atoms with van der Waals surface area (Å²) >= 11 is 6.58. The molecule has 7 nitrogen and oxygen atoms in total. The van der Waals surface area contributed by atoms with Gasteiger partial charge >= 0.3 is 11.9 Å². The minimum Gasteiger partial charge on any atom is -0.494 e. The van der Waals surface area contributed by atoms with Crippen LogP contribution in [-0.4, -0.2) is 50.9 Å². The molecule has 2 unspecified atom stereocenters. The van der Waals surface area contributed by atoms with E-state index in [4.69, 9.17) is 26.2 Å². The van der Waals surface area contributed by atoms with Crippen molar-refractivity contribution >= 4 is 46.6 Å². The van der Waals surface area contributed by atoms with Gasteiger partial charge < -0.3 is 24.3 Å². The Kier molecular flexibility index (Phi) is 10.7. The van der Waals surface area contributed by atoms with Crippen molar-refractivity contribution in [2.75, 3.05) is 13.2 Å². The summed E-state index contributed by atoms with van der Waals surface area (Å²) in [6.45, 7) is 5.72. The molecule has 0 radical (unpaired) electrons. The fraction of sp³-hybridized carbons (Fsp3) is 0.353. The number of benzene rings is 2. The number of aromatic nitrogens is 1. The molecule has 2 atom stereocenters. The fourth-order valence-electron chi connectivity index (χ4n) is 5.25. The quantitative estimate of drug-likeness (QED) is 0.109. The highest BCUT2D eigenvalue weighted by Gasteiger charge is 2.33. The van der Waals surface area contributed by atoms with E-state index >= 15 is 0 Å². The molecule has 1 aliphatic carbocycles. The van der Waals surface area contributed by atoms with Crippen molar-refractivity contribution in [2.24, 2.45) is 0 Å². The molecule has 0 fully saturated rings. The van der Waals surface area contributed by atoms with Crippen LogP contribution in [0.1, 0.15) is 56.2 Å². The number of hydrogen-bond donors (Lipinski definition) is 2. The Hall–Kier alpha value is -3.81. The van der Waals surface area contributed by atoms with Gasteiger partial charge in [-0.05, 0) is 73.6 Å². The van der Waals surface area contributed by atoms with Crippen molar-refractivity contribution in [3.63, 3.8) is 0 Å². The van der Waals surface area contributed by atoms with E-state index in [0.717, 1.165) is 46.2 Å². The van der Waals surface area contributed by atoms with Gasteiger partial charge in [-0.2, -0.15) is 0 Å². The van der Waals surface area contributed by atoms with Gasteiger partial charge in [-0.3, -0.25) is 9.59 Å². The Morgan fingerprint density at radius 1 is 1.02 bits per heavy atom. The molecule has 1 heterocycles. The van der Waals surface area contributed by atoms with Crippen LogP contribution in [-0.2, 0) is 27.3 Å². The SMILES string of the molecule is CC1=CC=CC(C)(Cl)C1OCCCCOc1ccc(/C=C/c2cccc3c2c(CC(=O)O)cn3CCCC(=O)O)cc1. The lowest BCUT2D eigenvalue weighted by atomic mass is 9.92. The maximum absolute atomic E-state index is 11.5. The zero-order chi connectivity index (χ0) is 30.1. The number of allylic oxidation sites excluding steroid dienone is 2. The maximum Gasteiger partial charge on any atom is 0.307 e. The van der Waals surface area contributed by atoms with Crippen molar-refractivity contribution in [1.82, 2.24) is 4.57 Å². The second-order valence-electron chi connectivity index (χ2n) is 10.8. The number of unbranched alkanes of at least 4 members (excludes halogenated alkanes) is 1. The lowest BCUT2D eigenvalue weighted by molar-refractivity contribution is -0.137. The minimum absolute atomic E-state index is 0.0612. The first kappa shape index (κ1) is 31.1. The number of hydrogen-bond acceptors (Lipinski definition) is 4. The second kappa shape index (κ2) is 14.4. The monoisotopic (exact) mass is 591 g/mol. The van der Waals surface area contributed by atoms with E-state index in [2.05, 4.69) is 0 Å². The van der Waals surface area contributed by atoms with Crippen LogP contribution < -0.4 is 4.74 Å². The normalized spacial score (nSPS) is 18.5. The number of ether oxygens (including phenoxy) is 2. The molecule has 0 bridgehead atoms. The van der Waals surface area contributed by atoms with Crippen LogP contribution in [0.4, 0.5) is 0 Å². The Bertz CT molecular complexity index is 1480. The molecule has 1 aromatic heterocycles. The summed E-state index contributed by atoms with van der Waals surface area (Å²) in [5, 5.41) is 19.3. The molecule has 0 spiro atoms. The lowest BCUT2D eigenvalue weighted by Gasteiger charge is -2.32. The number of fused-ring (bicyclic) bond motifs is 1. The Balaban J connectivity index is 1.32. The van der Waals surface area contributed by atoms with E-state index in [0.29, 0.717) is 31.7 Å². The van der Waals surface area contributed by atoms with E-state index in [1.54, 1.807) is 0 Å². The molecule has 42 heavy (non-hydrogen) atoms. The van der Waals surface area contributed by atoms with Gasteiger partial charge in [0.2, 0.25) is 0 Å². The summed E-state index contributed by atoms with van der Waals surface area (Å²) < 4.78 is 13.9. The molecule has 222 valence electrons. The van der Waals surface area contributed by atoms with Crippen LogP contribution in [0.5, 0.6) is 5.75 Å². The van der Waals surface area contributed by atoms with Crippen LogP contribution in [0.15, 0.2) is 72.5 Å². The Morgan fingerprint density at radius 3 is 2.50 bits per heavy atom. The van der Waals surface area contributed by atoms with Crippen LogP contribution in [0, 0.1) is 0 Å². The average molecular weight is 592 g/mol. The van der Waals surface area contributed by atoms with Crippen molar-refractivity contribution < 1.29 is 29.3 Å². The number of carbonyl (C=O) groups is 2. The fourth-order valence-corrected chi connectivity index (χ4v) is 5.56. The highest BCUT2D eigenvalue weighted by atomic mass is 35.5. The van der Waals surface area contributed by atoms with Crippen LogP contribution in [0.25, 0.3) is 23.1 Å². The molecule has 0 saturated carbocycles. The van der Waals surface area contributed by atoms with E-state index in [-0.39, 0.29) is 18.9 Å². The zero-order valence-corrected chi connectivity index (χ0v) is 24.8. The van der Waals surface area contributed by atoms with Gasteiger partial charge in [-0.1, -0.05) is 54.6 Å². The van der Waals surface area contributed by atoms with Crippen molar-refractivity contribution in [2.45, 2.75) is 63.5 Å². The summed E-state index contributed by atoms with van der Waals surface area (Å²) in [7, 11) is 0. The number of nitrogens with zero attached hydrogens (tertiary/aromatic N) is 1. The molecule has 2 N–H and O–H groups in total. The first-order valence-electron chi connectivity index (χ1n) is 14.3. The Morgan fingerprint density at radius 2 is 1.79 bits per heavy atom. The van der Waals surface area contributed by atoms with E-state index in [1.807, 2.05) is 97.5 Å². The highest BCUT2D eigenvalue weighted by Crippen LogP contribution is 2.32. The topological polar surface area (TPSA) is 98.0 Å². The van der Waals surface area contributed by atoms with Gasteiger partial charge in [0.25, 0.3) is 0 Å². The minimum atomic E-state index is -0.909. The van der Waals surface area contributed by atoms with Crippen LogP contribution in [0.3, 0.4) is 0 Å². The molecule has 0 saturated heterocycles. The summed E-state index contributed by atoms with van der Waals surface area (Å²) in [6, 6.07) is 13.7. The summed E-state index contributed by atoms with van der Waals surface area (Å²) in [6.07, 6.45) is 13.8. The molecule has 0 amide bonds. The molecule has 3 aromatic rings. The van der Waals surface area contributed by atoms with Gasteiger partial charge in [0.15, 0.2) is 0 Å². The highest BCUT2D eigenvalue weighted by molar-refractivity contribution is 6.25. The predicted molar refractivity (Wildman–Crippen MR) is 167 cm³/mol. The molecule has 1 aliphatic rings. The predicted octanol–water partition coefficient (Wildman–Crippen LogP) is 7.36. The maximum atomic E-state index is 11.5. The standard InChI is InChI=1S/C34H38ClNO6/c1-24-8-6-18-34(2,35)33(24)42-21-4-3-20-41-28-16-13-25(14-17-28)12-15-26-9-5-10-29-32(26)27(22-31(39)40)23-36(29)19-7-11-30(37)38/h5-6,8-10,12-18,23,33H,3-4,7,11,19-22H2,1-2H3,(H,37,38)(H,39,40)/b15-12+. The van der Waals surface area contributed by atoms with Gasteiger partial charge in [-0.25, -0.2) is 0 Å². The number of alkyl halides is 1. The first-order valence-corrected chi connectivity index (χ1v) is 14.6.